The van der Waals surface area contributed by atoms with Crippen molar-refractivity contribution in [3.63, 3.8) is 0 Å². The summed E-state index contributed by atoms with van der Waals surface area (Å²) >= 11 is 0. The number of nitrogens with zero attached hydrogens (tertiary/aromatic N) is 1. The topological polar surface area (TPSA) is 41.6 Å². The summed E-state index contributed by atoms with van der Waals surface area (Å²) < 4.78 is 5.66. The predicted octanol–water partition coefficient (Wildman–Crippen LogP) is 2.97. The number of likely N-dealkylation sites (tertiary alicyclic amines) is 1. The summed E-state index contributed by atoms with van der Waals surface area (Å²) in [6.07, 6.45) is 5.83. The zero-order valence-corrected chi connectivity index (χ0v) is 14.7. The molecule has 2 aliphatic rings. The zero-order valence-electron chi connectivity index (χ0n) is 14.7. The van der Waals surface area contributed by atoms with Gasteiger partial charge in [0.05, 0.1) is 6.61 Å². The molecule has 1 N–H and O–H groups in total. The normalized spacial score (nSPS) is 23.0. The van der Waals surface area contributed by atoms with Crippen molar-refractivity contribution in [1.29, 1.82) is 0 Å². The summed E-state index contributed by atoms with van der Waals surface area (Å²) in [4.78, 5) is 14.7. The Labute approximate surface area is 145 Å². The lowest BCUT2D eigenvalue weighted by atomic mass is 10.0. The molecule has 1 saturated heterocycles. The van der Waals surface area contributed by atoms with E-state index in [1.54, 1.807) is 0 Å². The average molecular weight is 330 g/mol. The van der Waals surface area contributed by atoms with Gasteiger partial charge < -0.3 is 10.1 Å². The molecule has 4 nitrogen and oxygen atoms in total. The second kappa shape index (κ2) is 8.63. The van der Waals surface area contributed by atoms with Gasteiger partial charge in [-0.05, 0) is 50.6 Å². The molecule has 0 bridgehead atoms. The first kappa shape index (κ1) is 17.4. The van der Waals surface area contributed by atoms with Crippen LogP contribution in [0.4, 0.5) is 0 Å². The number of hydrogen-bond donors (Lipinski definition) is 1. The number of nitrogens with one attached hydrogen (secondary N) is 1. The van der Waals surface area contributed by atoms with Gasteiger partial charge in [0.25, 0.3) is 0 Å². The lowest BCUT2D eigenvalue weighted by Gasteiger charge is -2.36. The first-order valence-corrected chi connectivity index (χ1v) is 9.39. The predicted molar refractivity (Wildman–Crippen MR) is 95.6 cm³/mol. The maximum atomic E-state index is 12.2. The Morgan fingerprint density at radius 2 is 2.04 bits per heavy atom. The summed E-state index contributed by atoms with van der Waals surface area (Å²) in [6.45, 7) is 5.40. The summed E-state index contributed by atoms with van der Waals surface area (Å²) in [7, 11) is 0. The molecule has 4 heteroatoms. The second-order valence-electron chi connectivity index (χ2n) is 7.27. The van der Waals surface area contributed by atoms with Crippen LogP contribution in [-0.2, 0) is 16.1 Å². The van der Waals surface area contributed by atoms with Gasteiger partial charge in [-0.1, -0.05) is 36.8 Å². The molecule has 0 radical (unpaired) electrons. The van der Waals surface area contributed by atoms with Crippen LogP contribution >= 0.6 is 0 Å². The number of ether oxygens (including phenoxy) is 1. The lowest BCUT2D eigenvalue weighted by molar-refractivity contribution is -0.132. The SMILES string of the molecule is CC(OCC1CC1)C(=O)NCC1CCCCN1Cc1ccccc1. The Morgan fingerprint density at radius 1 is 1.25 bits per heavy atom. The van der Waals surface area contributed by atoms with Gasteiger partial charge in [0.2, 0.25) is 5.91 Å². The molecule has 1 amide bonds. The minimum absolute atomic E-state index is 0.0286. The average Bonchev–Trinajstić information content (AvgIpc) is 3.44. The van der Waals surface area contributed by atoms with Gasteiger partial charge in [0.1, 0.15) is 6.10 Å². The van der Waals surface area contributed by atoms with E-state index in [9.17, 15) is 4.79 Å². The first-order chi connectivity index (χ1) is 11.7. The molecule has 2 fully saturated rings. The highest BCUT2D eigenvalue weighted by Crippen LogP contribution is 2.29. The van der Waals surface area contributed by atoms with Crippen LogP contribution < -0.4 is 5.32 Å². The summed E-state index contributed by atoms with van der Waals surface area (Å²) in [5, 5.41) is 3.11. The molecule has 132 valence electrons. The molecule has 0 aromatic heterocycles. The monoisotopic (exact) mass is 330 g/mol. The second-order valence-corrected chi connectivity index (χ2v) is 7.27. The van der Waals surface area contributed by atoms with Crippen molar-refractivity contribution in [3.8, 4) is 0 Å². The quantitative estimate of drug-likeness (QED) is 0.797. The van der Waals surface area contributed by atoms with Crippen LogP contribution in [0.5, 0.6) is 0 Å². The van der Waals surface area contributed by atoms with Crippen LogP contribution in [0, 0.1) is 5.92 Å². The van der Waals surface area contributed by atoms with Crippen molar-refractivity contribution >= 4 is 5.91 Å². The van der Waals surface area contributed by atoms with Gasteiger partial charge in [-0.3, -0.25) is 9.69 Å². The number of rotatable bonds is 8. The van der Waals surface area contributed by atoms with Gasteiger partial charge >= 0.3 is 0 Å². The minimum atomic E-state index is -0.336. The standard InChI is InChI=1S/C20H30N2O2/c1-16(24-15-18-10-11-18)20(23)21-13-19-9-5-6-12-22(19)14-17-7-3-2-4-8-17/h2-4,7-8,16,18-19H,5-6,9-15H2,1H3,(H,21,23). The molecular formula is C20H30N2O2. The third-order valence-corrected chi connectivity index (χ3v) is 5.14. The van der Waals surface area contributed by atoms with Gasteiger partial charge in [0.15, 0.2) is 0 Å². The number of carbonyl (C=O) groups excluding carboxylic acids is 1. The fraction of sp³-hybridized carbons (Fsp3) is 0.650. The Morgan fingerprint density at radius 3 is 2.79 bits per heavy atom. The van der Waals surface area contributed by atoms with E-state index in [1.807, 2.05) is 6.92 Å². The minimum Gasteiger partial charge on any atom is -0.368 e. The molecule has 1 aromatic rings. The van der Waals surface area contributed by atoms with Crippen molar-refractivity contribution in [2.45, 2.75) is 57.7 Å². The highest BCUT2D eigenvalue weighted by atomic mass is 16.5. The van der Waals surface area contributed by atoms with E-state index in [-0.39, 0.29) is 12.0 Å². The van der Waals surface area contributed by atoms with E-state index >= 15 is 0 Å². The van der Waals surface area contributed by atoms with Crippen LogP contribution in [-0.4, -0.2) is 42.6 Å². The van der Waals surface area contributed by atoms with E-state index < -0.39 is 0 Å². The third kappa shape index (κ3) is 5.32. The van der Waals surface area contributed by atoms with Gasteiger partial charge in [0, 0.05) is 19.1 Å². The molecular weight excluding hydrogens is 300 g/mol. The molecule has 24 heavy (non-hydrogen) atoms. The molecule has 0 spiro atoms. The molecule has 2 unspecified atom stereocenters. The van der Waals surface area contributed by atoms with E-state index in [2.05, 4.69) is 40.5 Å². The van der Waals surface area contributed by atoms with Crippen molar-refractivity contribution in [3.05, 3.63) is 35.9 Å². The van der Waals surface area contributed by atoms with E-state index in [0.717, 1.165) is 32.7 Å². The van der Waals surface area contributed by atoms with E-state index in [4.69, 9.17) is 4.74 Å². The number of amides is 1. The number of piperidine rings is 1. The number of hydrogen-bond acceptors (Lipinski definition) is 3. The summed E-state index contributed by atoms with van der Waals surface area (Å²) in [5.41, 5.74) is 1.34. The fourth-order valence-electron chi connectivity index (χ4n) is 3.32. The molecule has 1 heterocycles. The molecule has 1 aliphatic heterocycles. The smallest absolute Gasteiger partial charge is 0.248 e. The third-order valence-electron chi connectivity index (χ3n) is 5.14. The highest BCUT2D eigenvalue weighted by molar-refractivity contribution is 5.80. The molecule has 1 saturated carbocycles. The number of benzene rings is 1. The first-order valence-electron chi connectivity index (χ1n) is 9.39. The Balaban J connectivity index is 1.45. The maximum Gasteiger partial charge on any atom is 0.248 e. The number of carbonyl (C=O) groups is 1. The van der Waals surface area contributed by atoms with E-state index in [0.29, 0.717) is 12.0 Å². The van der Waals surface area contributed by atoms with Gasteiger partial charge in [-0.25, -0.2) is 0 Å². The maximum absolute atomic E-state index is 12.2. The fourth-order valence-corrected chi connectivity index (χ4v) is 3.32. The van der Waals surface area contributed by atoms with E-state index in [1.165, 1.54) is 31.2 Å². The zero-order chi connectivity index (χ0) is 16.8. The van der Waals surface area contributed by atoms with Crippen LogP contribution in [0.3, 0.4) is 0 Å². The molecule has 3 rings (SSSR count). The lowest BCUT2D eigenvalue weighted by Crippen LogP contribution is -2.48. The molecule has 1 aliphatic carbocycles. The largest absolute Gasteiger partial charge is 0.368 e. The Bertz CT molecular complexity index is 516. The molecule has 1 aromatic carbocycles. The summed E-state index contributed by atoms with van der Waals surface area (Å²) in [6, 6.07) is 11.0. The van der Waals surface area contributed by atoms with Crippen LogP contribution in [0.15, 0.2) is 30.3 Å². The molecule has 2 atom stereocenters. The Hall–Kier alpha value is -1.39. The highest BCUT2D eigenvalue weighted by Gasteiger charge is 2.26. The van der Waals surface area contributed by atoms with Crippen molar-refractivity contribution in [1.82, 2.24) is 10.2 Å². The van der Waals surface area contributed by atoms with Crippen LogP contribution in [0.2, 0.25) is 0 Å². The van der Waals surface area contributed by atoms with Crippen molar-refractivity contribution in [2.24, 2.45) is 5.92 Å². The summed E-state index contributed by atoms with van der Waals surface area (Å²) in [5.74, 6) is 0.723. The van der Waals surface area contributed by atoms with Gasteiger partial charge in [-0.15, -0.1) is 0 Å². The van der Waals surface area contributed by atoms with Crippen LogP contribution in [0.25, 0.3) is 0 Å². The van der Waals surface area contributed by atoms with Gasteiger partial charge in [-0.2, -0.15) is 0 Å². The van der Waals surface area contributed by atoms with Crippen molar-refractivity contribution in [2.75, 3.05) is 19.7 Å². The van der Waals surface area contributed by atoms with Crippen LogP contribution in [0.1, 0.15) is 44.6 Å². The van der Waals surface area contributed by atoms with Crippen molar-refractivity contribution < 1.29 is 9.53 Å². The Kier molecular flexibility index (Phi) is 6.27.